The number of para-hydroxylation sites is 1. The molecule has 2 N–H and O–H groups in total. The maximum atomic E-state index is 12.0. The quantitative estimate of drug-likeness (QED) is 0.751. The number of amides is 1. The second-order valence-corrected chi connectivity index (χ2v) is 5.85. The smallest absolute Gasteiger partial charge is 0.309 e. The highest BCUT2D eigenvalue weighted by molar-refractivity contribution is 7.09. The van der Waals surface area contributed by atoms with Crippen molar-refractivity contribution < 1.29 is 24.2 Å². The van der Waals surface area contributed by atoms with Gasteiger partial charge >= 0.3 is 5.97 Å². The average molecular weight is 350 g/mol. The molecule has 128 valence electrons. The van der Waals surface area contributed by atoms with Crippen LogP contribution in [0.1, 0.15) is 16.3 Å². The molecule has 8 heteroatoms. The van der Waals surface area contributed by atoms with Crippen LogP contribution in [0, 0.1) is 0 Å². The highest BCUT2D eigenvalue weighted by Crippen LogP contribution is 2.30. The molecule has 0 aliphatic rings. The lowest BCUT2D eigenvalue weighted by atomic mass is 10.2. The van der Waals surface area contributed by atoms with Crippen molar-refractivity contribution in [3.05, 3.63) is 39.8 Å². The van der Waals surface area contributed by atoms with Crippen LogP contribution in [-0.2, 0) is 29.0 Å². The van der Waals surface area contributed by atoms with Gasteiger partial charge in [0.15, 0.2) is 11.5 Å². The molecule has 0 spiro atoms. The fourth-order valence-electron chi connectivity index (χ4n) is 2.15. The van der Waals surface area contributed by atoms with Gasteiger partial charge in [-0.15, -0.1) is 11.3 Å². The Morgan fingerprint density at radius 2 is 2.04 bits per heavy atom. The number of carboxylic acids is 1. The van der Waals surface area contributed by atoms with Gasteiger partial charge in [-0.1, -0.05) is 12.1 Å². The lowest BCUT2D eigenvalue weighted by molar-refractivity contribution is -0.136. The van der Waals surface area contributed by atoms with Crippen LogP contribution in [0.3, 0.4) is 0 Å². The first-order chi connectivity index (χ1) is 11.5. The van der Waals surface area contributed by atoms with E-state index in [-0.39, 0.29) is 18.7 Å². The van der Waals surface area contributed by atoms with Crippen LogP contribution in [0.5, 0.6) is 11.5 Å². The summed E-state index contributed by atoms with van der Waals surface area (Å²) in [5, 5.41) is 13.8. The molecule has 1 heterocycles. The number of carbonyl (C=O) groups excluding carboxylic acids is 1. The molecule has 0 saturated carbocycles. The van der Waals surface area contributed by atoms with Crippen molar-refractivity contribution in [2.75, 3.05) is 14.2 Å². The second kappa shape index (κ2) is 8.30. The van der Waals surface area contributed by atoms with Crippen LogP contribution >= 0.6 is 11.3 Å². The van der Waals surface area contributed by atoms with E-state index < -0.39 is 5.97 Å². The van der Waals surface area contributed by atoms with E-state index in [4.69, 9.17) is 14.6 Å². The van der Waals surface area contributed by atoms with E-state index in [9.17, 15) is 9.59 Å². The number of aromatic nitrogens is 1. The third-order valence-corrected chi connectivity index (χ3v) is 4.10. The summed E-state index contributed by atoms with van der Waals surface area (Å²) in [6.45, 7) is 0.298. The number of carboxylic acid groups (broad SMARTS) is 1. The Bertz CT molecular complexity index is 729. The van der Waals surface area contributed by atoms with E-state index in [1.54, 1.807) is 25.7 Å². The third-order valence-electron chi connectivity index (χ3n) is 3.20. The molecule has 0 unspecified atom stereocenters. The van der Waals surface area contributed by atoms with Crippen LogP contribution < -0.4 is 14.8 Å². The molecule has 1 aromatic heterocycles. The minimum Gasteiger partial charge on any atom is -0.493 e. The Kier molecular flexibility index (Phi) is 6.14. The number of thiazole rings is 1. The number of carbonyl (C=O) groups is 2. The molecule has 0 saturated heterocycles. The molecule has 0 bridgehead atoms. The first kappa shape index (κ1) is 17.7. The van der Waals surface area contributed by atoms with Crippen molar-refractivity contribution >= 4 is 23.2 Å². The molecule has 0 aliphatic heterocycles. The van der Waals surface area contributed by atoms with Crippen LogP contribution in [0.25, 0.3) is 0 Å². The molecule has 0 atom stereocenters. The van der Waals surface area contributed by atoms with Gasteiger partial charge in [-0.25, -0.2) is 4.98 Å². The third kappa shape index (κ3) is 4.69. The lowest BCUT2D eigenvalue weighted by Gasteiger charge is -2.12. The molecule has 0 aliphatic carbocycles. The summed E-state index contributed by atoms with van der Waals surface area (Å²) in [5.41, 5.74) is 1.26. The number of hydrogen-bond donors (Lipinski definition) is 2. The van der Waals surface area contributed by atoms with Crippen molar-refractivity contribution in [1.29, 1.82) is 0 Å². The lowest BCUT2D eigenvalue weighted by Crippen LogP contribution is -2.24. The summed E-state index contributed by atoms with van der Waals surface area (Å²) in [7, 11) is 3.10. The molecule has 1 amide bonds. The van der Waals surface area contributed by atoms with Crippen molar-refractivity contribution in [1.82, 2.24) is 10.3 Å². The highest BCUT2D eigenvalue weighted by Gasteiger charge is 2.12. The normalized spacial score (nSPS) is 10.2. The molecule has 0 fully saturated rings. The Morgan fingerprint density at radius 1 is 1.25 bits per heavy atom. The summed E-state index contributed by atoms with van der Waals surface area (Å²) in [6.07, 6.45) is -0.0320. The number of ether oxygens (including phenoxy) is 2. The average Bonchev–Trinajstić information content (AvgIpc) is 2.98. The Hall–Kier alpha value is -2.61. The van der Waals surface area contributed by atoms with Crippen molar-refractivity contribution in [3.8, 4) is 11.5 Å². The van der Waals surface area contributed by atoms with Gasteiger partial charge in [0, 0.05) is 17.5 Å². The largest absolute Gasteiger partial charge is 0.493 e. The fraction of sp³-hybridized carbons (Fsp3) is 0.312. The van der Waals surface area contributed by atoms with E-state index >= 15 is 0 Å². The van der Waals surface area contributed by atoms with E-state index in [1.807, 2.05) is 12.1 Å². The molecule has 1 aromatic carbocycles. The zero-order valence-corrected chi connectivity index (χ0v) is 14.2. The van der Waals surface area contributed by atoms with Gasteiger partial charge in [0.1, 0.15) is 5.01 Å². The predicted molar refractivity (Wildman–Crippen MR) is 88.6 cm³/mol. The van der Waals surface area contributed by atoms with Gasteiger partial charge in [0.25, 0.3) is 0 Å². The standard InChI is InChI=1S/C16H18N2O5S/c1-22-12-5-3-4-10(16(12)23-2)8-17-13(19)7-14-18-11(9-24-14)6-15(20)21/h3-5,9H,6-8H2,1-2H3,(H,17,19)(H,20,21). The van der Waals surface area contributed by atoms with Crippen LogP contribution in [0.15, 0.2) is 23.6 Å². The molecule has 0 radical (unpaired) electrons. The highest BCUT2D eigenvalue weighted by atomic mass is 32.1. The van der Waals surface area contributed by atoms with Crippen molar-refractivity contribution in [3.63, 3.8) is 0 Å². The number of benzene rings is 1. The zero-order valence-electron chi connectivity index (χ0n) is 13.4. The van der Waals surface area contributed by atoms with Crippen LogP contribution in [-0.4, -0.2) is 36.2 Å². The van der Waals surface area contributed by atoms with Gasteiger partial charge in [-0.3, -0.25) is 9.59 Å². The predicted octanol–water partition coefficient (Wildman–Crippen LogP) is 1.65. The minimum atomic E-state index is -0.943. The molecule has 24 heavy (non-hydrogen) atoms. The Morgan fingerprint density at radius 3 is 2.71 bits per heavy atom. The van der Waals surface area contributed by atoms with E-state index in [0.717, 1.165) is 5.56 Å². The number of nitrogens with zero attached hydrogens (tertiary/aromatic N) is 1. The monoisotopic (exact) mass is 350 g/mol. The van der Waals surface area contributed by atoms with Crippen molar-refractivity contribution in [2.24, 2.45) is 0 Å². The van der Waals surface area contributed by atoms with E-state index in [2.05, 4.69) is 10.3 Å². The zero-order chi connectivity index (χ0) is 17.5. The molecule has 2 rings (SSSR count). The number of nitrogens with one attached hydrogen (secondary N) is 1. The first-order valence-electron chi connectivity index (χ1n) is 7.15. The summed E-state index contributed by atoms with van der Waals surface area (Å²) in [5.74, 6) is 0.0401. The Balaban J connectivity index is 1.94. The Labute approximate surface area is 143 Å². The minimum absolute atomic E-state index is 0.108. The fourth-order valence-corrected chi connectivity index (χ4v) is 2.95. The van der Waals surface area contributed by atoms with Gasteiger partial charge < -0.3 is 19.9 Å². The molecule has 2 aromatic rings. The molecular weight excluding hydrogens is 332 g/mol. The van der Waals surface area contributed by atoms with Gasteiger partial charge in [0.2, 0.25) is 5.91 Å². The van der Waals surface area contributed by atoms with Crippen molar-refractivity contribution in [2.45, 2.75) is 19.4 Å². The molecular formula is C16H18N2O5S. The number of methoxy groups -OCH3 is 2. The summed E-state index contributed by atoms with van der Waals surface area (Å²) in [4.78, 5) is 26.8. The first-order valence-corrected chi connectivity index (χ1v) is 8.03. The molecule has 7 nitrogen and oxygen atoms in total. The van der Waals surface area contributed by atoms with Crippen LogP contribution in [0.4, 0.5) is 0 Å². The maximum Gasteiger partial charge on any atom is 0.309 e. The van der Waals surface area contributed by atoms with Gasteiger partial charge in [-0.2, -0.15) is 0 Å². The number of aliphatic carboxylic acids is 1. The number of rotatable bonds is 8. The van der Waals surface area contributed by atoms with Gasteiger partial charge in [0.05, 0.1) is 32.8 Å². The summed E-state index contributed by atoms with van der Waals surface area (Å²) < 4.78 is 10.5. The number of hydrogen-bond acceptors (Lipinski definition) is 6. The van der Waals surface area contributed by atoms with Gasteiger partial charge in [-0.05, 0) is 6.07 Å². The van der Waals surface area contributed by atoms with E-state index in [0.29, 0.717) is 28.7 Å². The topological polar surface area (TPSA) is 97.8 Å². The maximum absolute atomic E-state index is 12.0. The van der Waals surface area contributed by atoms with Crippen LogP contribution in [0.2, 0.25) is 0 Å². The SMILES string of the molecule is COc1cccc(CNC(=O)Cc2nc(CC(=O)O)cs2)c1OC. The second-order valence-electron chi connectivity index (χ2n) is 4.91. The van der Waals surface area contributed by atoms with E-state index in [1.165, 1.54) is 11.3 Å². The summed E-state index contributed by atoms with van der Waals surface area (Å²) >= 11 is 1.28. The summed E-state index contributed by atoms with van der Waals surface area (Å²) in [6, 6.07) is 5.45.